The van der Waals surface area contributed by atoms with Crippen LogP contribution < -0.4 is 5.48 Å². The van der Waals surface area contributed by atoms with Gasteiger partial charge in [-0.2, -0.15) is 5.48 Å². The third-order valence-corrected chi connectivity index (χ3v) is 1.75. The molecule has 0 aromatic carbocycles. The molecule has 1 fully saturated rings. The van der Waals surface area contributed by atoms with E-state index in [0.29, 0.717) is 0 Å². The third-order valence-electron chi connectivity index (χ3n) is 1.75. The minimum atomic E-state index is -0.728. The van der Waals surface area contributed by atoms with Crippen LogP contribution >= 0.6 is 0 Å². The fourth-order valence-corrected chi connectivity index (χ4v) is 1.04. The number of hydroxylamine groups is 1. The van der Waals surface area contributed by atoms with Crippen LogP contribution in [-0.2, 0) is 23.9 Å². The molecular weight excluding hydrogens is 178 g/mol. The summed E-state index contributed by atoms with van der Waals surface area (Å²) >= 11 is 0. The zero-order chi connectivity index (χ0) is 9.84. The topological polar surface area (TPSA) is 73.9 Å². The molecule has 2 atom stereocenters. The molecule has 0 bridgehead atoms. The summed E-state index contributed by atoms with van der Waals surface area (Å²) < 4.78 is 8.90. The Labute approximate surface area is 75.1 Å². The van der Waals surface area contributed by atoms with E-state index in [9.17, 15) is 9.59 Å². The molecule has 6 heteroatoms. The summed E-state index contributed by atoms with van der Waals surface area (Å²) in [6.45, 7) is 0. The first kappa shape index (κ1) is 9.94. The second-order valence-corrected chi connectivity index (χ2v) is 2.56. The van der Waals surface area contributed by atoms with Crippen LogP contribution in [0.5, 0.6) is 0 Å². The lowest BCUT2D eigenvalue weighted by Gasteiger charge is -2.03. The monoisotopic (exact) mass is 189 g/mol. The van der Waals surface area contributed by atoms with E-state index in [4.69, 9.17) is 4.84 Å². The van der Waals surface area contributed by atoms with Crippen molar-refractivity contribution >= 4 is 11.9 Å². The van der Waals surface area contributed by atoms with E-state index >= 15 is 0 Å². The van der Waals surface area contributed by atoms with Crippen molar-refractivity contribution in [1.82, 2.24) is 5.48 Å². The highest BCUT2D eigenvalue weighted by molar-refractivity contribution is 5.80. The molecule has 1 heterocycles. The third kappa shape index (κ3) is 2.16. The maximum absolute atomic E-state index is 11.0. The predicted octanol–water partition coefficient (Wildman–Crippen LogP) is -1.01. The normalized spacial score (nSPS) is 26.9. The zero-order valence-electron chi connectivity index (χ0n) is 7.40. The molecule has 13 heavy (non-hydrogen) atoms. The van der Waals surface area contributed by atoms with E-state index in [0.717, 1.165) is 0 Å². The number of carbonyl (C=O) groups excluding carboxylic acids is 2. The lowest BCUT2D eigenvalue weighted by molar-refractivity contribution is -0.155. The van der Waals surface area contributed by atoms with Gasteiger partial charge in [-0.25, -0.2) is 4.79 Å². The Balaban J connectivity index is 2.44. The smallest absolute Gasteiger partial charge is 0.337 e. The Morgan fingerprint density at radius 3 is 2.46 bits per heavy atom. The van der Waals surface area contributed by atoms with Gasteiger partial charge in [-0.15, -0.1) is 0 Å². The predicted molar refractivity (Wildman–Crippen MR) is 40.4 cm³/mol. The number of methoxy groups -OCH3 is 2. The molecule has 1 saturated heterocycles. The Bertz CT molecular complexity index is 195. The van der Waals surface area contributed by atoms with Crippen molar-refractivity contribution < 1.29 is 23.9 Å². The first-order valence-corrected chi connectivity index (χ1v) is 3.76. The summed E-state index contributed by atoms with van der Waals surface area (Å²) in [5.74, 6) is -0.953. The molecule has 0 radical (unpaired) electrons. The average Bonchev–Trinajstić information content (AvgIpc) is 2.64. The number of esters is 2. The maximum Gasteiger partial charge on any atom is 0.337 e. The van der Waals surface area contributed by atoms with Gasteiger partial charge >= 0.3 is 11.9 Å². The number of nitrogens with one attached hydrogen (secondary N) is 1. The summed E-state index contributed by atoms with van der Waals surface area (Å²) in [5, 5.41) is 0. The minimum absolute atomic E-state index is 0.235. The first-order chi connectivity index (χ1) is 6.19. The molecule has 1 aliphatic heterocycles. The number of rotatable bonds is 2. The quantitative estimate of drug-likeness (QED) is 0.561. The molecule has 0 saturated carbocycles. The van der Waals surface area contributed by atoms with Crippen LogP contribution in [0.4, 0.5) is 0 Å². The summed E-state index contributed by atoms with van der Waals surface area (Å²) in [4.78, 5) is 26.7. The van der Waals surface area contributed by atoms with Crippen molar-refractivity contribution in [2.24, 2.45) is 0 Å². The van der Waals surface area contributed by atoms with Crippen molar-refractivity contribution in [3.05, 3.63) is 0 Å². The second-order valence-electron chi connectivity index (χ2n) is 2.56. The van der Waals surface area contributed by atoms with Crippen LogP contribution in [0.1, 0.15) is 6.42 Å². The Morgan fingerprint density at radius 2 is 1.92 bits per heavy atom. The van der Waals surface area contributed by atoms with E-state index < -0.39 is 24.1 Å². The number of carbonyl (C=O) groups is 2. The van der Waals surface area contributed by atoms with E-state index in [1.54, 1.807) is 0 Å². The van der Waals surface area contributed by atoms with E-state index in [1.807, 2.05) is 0 Å². The lowest BCUT2D eigenvalue weighted by Crippen LogP contribution is -2.30. The van der Waals surface area contributed by atoms with Crippen LogP contribution in [0, 0.1) is 0 Å². The van der Waals surface area contributed by atoms with Crippen molar-refractivity contribution in [2.45, 2.75) is 18.6 Å². The molecule has 1 rings (SSSR count). The maximum atomic E-state index is 11.0. The zero-order valence-corrected chi connectivity index (χ0v) is 7.40. The van der Waals surface area contributed by atoms with E-state index in [1.165, 1.54) is 14.2 Å². The van der Waals surface area contributed by atoms with Gasteiger partial charge in [0.05, 0.1) is 14.2 Å². The summed E-state index contributed by atoms with van der Waals surface area (Å²) in [5.41, 5.74) is 2.40. The molecule has 2 unspecified atom stereocenters. The van der Waals surface area contributed by atoms with Crippen molar-refractivity contribution in [3.8, 4) is 0 Å². The van der Waals surface area contributed by atoms with Crippen LogP contribution in [-0.4, -0.2) is 38.3 Å². The molecule has 74 valence electrons. The lowest BCUT2D eigenvalue weighted by atomic mass is 10.1. The SMILES string of the molecule is COC(=O)C1CC(C(=O)OC)ON1. The summed E-state index contributed by atoms with van der Waals surface area (Å²) in [6, 6.07) is -0.589. The molecule has 0 aromatic heterocycles. The van der Waals surface area contributed by atoms with Gasteiger partial charge in [0.2, 0.25) is 0 Å². The highest BCUT2D eigenvalue weighted by atomic mass is 16.7. The van der Waals surface area contributed by atoms with Gasteiger partial charge in [0, 0.05) is 6.42 Å². The highest BCUT2D eigenvalue weighted by Crippen LogP contribution is 2.12. The molecule has 0 aromatic rings. The van der Waals surface area contributed by atoms with Gasteiger partial charge in [-0.05, 0) is 0 Å². The van der Waals surface area contributed by atoms with Gasteiger partial charge < -0.3 is 9.47 Å². The minimum Gasteiger partial charge on any atom is -0.468 e. The highest BCUT2D eigenvalue weighted by Gasteiger charge is 2.36. The summed E-state index contributed by atoms with van der Waals surface area (Å²) in [6.07, 6.45) is -0.492. The van der Waals surface area contributed by atoms with E-state index in [-0.39, 0.29) is 6.42 Å². The van der Waals surface area contributed by atoms with Crippen molar-refractivity contribution in [1.29, 1.82) is 0 Å². The number of hydrogen-bond donors (Lipinski definition) is 1. The van der Waals surface area contributed by atoms with Crippen LogP contribution in [0.2, 0.25) is 0 Å². The Morgan fingerprint density at radius 1 is 1.31 bits per heavy atom. The largest absolute Gasteiger partial charge is 0.468 e. The second kappa shape index (κ2) is 4.20. The Kier molecular flexibility index (Phi) is 3.21. The fraction of sp³-hybridized carbons (Fsp3) is 0.714. The van der Waals surface area contributed by atoms with Crippen LogP contribution in [0.15, 0.2) is 0 Å². The molecule has 6 nitrogen and oxygen atoms in total. The number of ether oxygens (including phenoxy) is 2. The molecule has 0 spiro atoms. The number of hydrogen-bond acceptors (Lipinski definition) is 6. The van der Waals surface area contributed by atoms with Crippen LogP contribution in [0.25, 0.3) is 0 Å². The van der Waals surface area contributed by atoms with Gasteiger partial charge in [-0.1, -0.05) is 0 Å². The van der Waals surface area contributed by atoms with Crippen molar-refractivity contribution in [3.63, 3.8) is 0 Å². The molecule has 0 amide bonds. The summed E-state index contributed by atoms with van der Waals surface area (Å²) in [7, 11) is 2.53. The van der Waals surface area contributed by atoms with E-state index in [2.05, 4.69) is 15.0 Å². The first-order valence-electron chi connectivity index (χ1n) is 3.76. The molecule has 1 aliphatic rings. The van der Waals surface area contributed by atoms with Gasteiger partial charge in [0.25, 0.3) is 0 Å². The van der Waals surface area contributed by atoms with Crippen molar-refractivity contribution in [2.75, 3.05) is 14.2 Å². The fourth-order valence-electron chi connectivity index (χ4n) is 1.04. The molecular formula is C7H11NO5. The average molecular weight is 189 g/mol. The molecule has 0 aliphatic carbocycles. The van der Waals surface area contributed by atoms with Gasteiger partial charge in [0.15, 0.2) is 6.10 Å². The standard InChI is InChI=1S/C7H11NO5/c1-11-6(9)4-3-5(13-8-4)7(10)12-2/h4-5,8H,3H2,1-2H3. The van der Waals surface area contributed by atoms with Gasteiger partial charge in [-0.3, -0.25) is 9.63 Å². The van der Waals surface area contributed by atoms with Crippen LogP contribution in [0.3, 0.4) is 0 Å². The Hall–Kier alpha value is -1.14. The molecule has 1 N–H and O–H groups in total. The van der Waals surface area contributed by atoms with Gasteiger partial charge in [0.1, 0.15) is 6.04 Å².